The fourth-order valence-electron chi connectivity index (χ4n) is 0.634. The summed E-state index contributed by atoms with van der Waals surface area (Å²) in [6, 6.07) is 0. The fraction of sp³-hybridized carbons (Fsp3) is 0.833. The van der Waals surface area contributed by atoms with Crippen molar-refractivity contribution in [3.63, 3.8) is 0 Å². The van der Waals surface area contributed by atoms with Crippen LogP contribution in [0.2, 0.25) is 0 Å². The van der Waals surface area contributed by atoms with Crippen LogP contribution >= 0.6 is 11.9 Å². The molecule has 0 spiro atoms. The molecule has 15 heavy (non-hydrogen) atoms. The molecule has 0 amide bonds. The Kier molecular flexibility index (Phi) is 8.57. The van der Waals surface area contributed by atoms with Gasteiger partial charge in [0, 0.05) is 6.92 Å². The van der Waals surface area contributed by atoms with Crippen LogP contribution in [0, 0.1) is 10.2 Å². The second-order valence-electron chi connectivity index (χ2n) is 2.98. The molecule has 0 fully saturated rings. The quantitative estimate of drug-likeness (QED) is 0.401. The van der Waals surface area contributed by atoms with Crippen LogP contribution in [0.25, 0.3) is 0 Å². The van der Waals surface area contributed by atoms with Gasteiger partial charge in [-0.3, -0.25) is 8.68 Å². The van der Waals surface area contributed by atoms with E-state index in [0.717, 1.165) is 0 Å². The predicted octanol–water partition coefficient (Wildman–Crippen LogP) is -4.51. The molecule has 0 saturated carbocycles. The van der Waals surface area contributed by atoms with Gasteiger partial charge in [0.25, 0.3) is 0 Å². The van der Waals surface area contributed by atoms with Crippen molar-refractivity contribution < 1.29 is 42.7 Å². The zero-order valence-corrected chi connectivity index (χ0v) is 10.2. The van der Waals surface area contributed by atoms with E-state index in [1.807, 2.05) is 14.1 Å². The summed E-state index contributed by atoms with van der Waals surface area (Å²) in [6.07, 6.45) is 0. The van der Waals surface area contributed by atoms with Crippen molar-refractivity contribution >= 4 is 17.1 Å². The summed E-state index contributed by atoms with van der Waals surface area (Å²) < 4.78 is 34.5. The average Bonchev–Trinajstić information content (AvgIpc) is 1.77. The van der Waals surface area contributed by atoms with Crippen LogP contribution in [0.15, 0.2) is 0 Å². The summed E-state index contributed by atoms with van der Waals surface area (Å²) in [5.74, 6) is 0. The van der Waals surface area contributed by atoms with Crippen molar-refractivity contribution in [1.82, 2.24) is 0 Å². The lowest BCUT2D eigenvalue weighted by molar-refractivity contribution is -2.00. The minimum Gasteiger partial charge on any atom is -0.390 e. The molecule has 0 aliphatic rings. The first-order chi connectivity index (χ1) is 6.48. The van der Waals surface area contributed by atoms with Gasteiger partial charge in [0.1, 0.15) is 6.54 Å². The molecule has 0 unspecified atom stereocenters. The van der Waals surface area contributed by atoms with E-state index >= 15 is 0 Å². The van der Waals surface area contributed by atoms with Crippen molar-refractivity contribution in [2.45, 2.75) is 6.92 Å². The summed E-state index contributed by atoms with van der Waals surface area (Å²) in [6.45, 7) is 2.25. The zero-order valence-electron chi connectivity index (χ0n) is 8.64. The molecular formula is C6H14ClNO6S. The number of nitrogens with zero attached hydrogens (tertiary/aromatic N) is 1. The smallest absolute Gasteiger partial charge is 0.242 e. The third-order valence-corrected chi connectivity index (χ3v) is 1.95. The molecule has 0 aliphatic carbocycles. The number of carbonyl (C=O) groups excluding carboxylic acids is 1. The first-order valence-electron chi connectivity index (χ1n) is 3.73. The lowest BCUT2D eigenvalue weighted by atomic mass is 10.6. The molecule has 0 aromatic rings. The number of likely N-dealkylation sites (N-methyl/N-ethyl adjacent to an activating group) is 1. The lowest BCUT2D eigenvalue weighted by Gasteiger charge is -2.23. The van der Waals surface area contributed by atoms with Crippen LogP contribution in [0.3, 0.4) is 0 Å². The highest BCUT2D eigenvalue weighted by molar-refractivity contribution is 8.08. The third kappa shape index (κ3) is 24.9. The van der Waals surface area contributed by atoms with Crippen LogP contribution < -0.4 is 18.6 Å². The molecule has 0 saturated heterocycles. The Balaban J connectivity index is 0. The maximum Gasteiger partial charge on any atom is 0.242 e. The normalized spacial score (nSPS) is 11.7. The maximum atomic E-state index is 10.6. The molecule has 0 radical (unpaired) electrons. The maximum absolute atomic E-state index is 10.6. The number of quaternary nitrogens is 1. The highest BCUT2D eigenvalue weighted by Crippen LogP contribution is 2.15. The minimum atomic E-state index is -4.94. The molecule has 92 valence electrons. The Morgan fingerprint density at radius 3 is 1.87 bits per heavy atom. The number of hydrogen-bond donors (Lipinski definition) is 1. The molecule has 0 aromatic heterocycles. The highest BCUT2D eigenvalue weighted by Gasteiger charge is 2.18. The van der Waals surface area contributed by atoms with E-state index in [9.17, 15) is 4.79 Å². The highest BCUT2D eigenvalue weighted by atomic mass is 35.7. The molecule has 0 bridgehead atoms. The number of aliphatic hydroxyl groups is 1. The molecule has 0 rings (SSSR count). The molecule has 0 atom stereocenters. The van der Waals surface area contributed by atoms with Gasteiger partial charge in [-0.25, -0.2) is 18.6 Å². The summed E-state index contributed by atoms with van der Waals surface area (Å²) in [5.41, 5.74) is 0. The zero-order chi connectivity index (χ0) is 12.7. The van der Waals surface area contributed by atoms with E-state index in [1.54, 1.807) is 0 Å². The van der Waals surface area contributed by atoms with Gasteiger partial charge < -0.3 is 5.11 Å². The fourth-order valence-corrected chi connectivity index (χ4v) is 1.50. The molecule has 9 heteroatoms. The second kappa shape index (κ2) is 7.36. The topological polar surface area (TPSA) is 130 Å². The van der Waals surface area contributed by atoms with Crippen molar-refractivity contribution in [3.8, 4) is 0 Å². The summed E-state index contributed by atoms with van der Waals surface area (Å²) >= 11 is 1.22. The Morgan fingerprint density at radius 2 is 1.67 bits per heavy atom. The van der Waals surface area contributed by atoms with E-state index in [2.05, 4.69) is 0 Å². The van der Waals surface area contributed by atoms with Crippen LogP contribution in [-0.4, -0.2) is 41.4 Å². The second-order valence-corrected chi connectivity index (χ2v) is 5.48. The van der Waals surface area contributed by atoms with Crippen molar-refractivity contribution in [2.24, 2.45) is 0 Å². The Bertz CT molecular complexity index is 189. The van der Waals surface area contributed by atoms with Gasteiger partial charge >= 0.3 is 0 Å². The number of rotatable bonds is 3. The van der Waals surface area contributed by atoms with E-state index in [0.29, 0.717) is 10.4 Å². The van der Waals surface area contributed by atoms with Gasteiger partial charge in [0.05, 0.1) is 20.7 Å². The van der Waals surface area contributed by atoms with Crippen molar-refractivity contribution in [3.05, 3.63) is 0 Å². The first kappa shape index (κ1) is 17.5. The largest absolute Gasteiger partial charge is 0.390 e. The Labute approximate surface area is 94.4 Å². The van der Waals surface area contributed by atoms with Crippen molar-refractivity contribution in [2.75, 3.05) is 27.2 Å². The molecule has 1 N–H and O–H groups in total. The van der Waals surface area contributed by atoms with E-state index < -0.39 is 10.2 Å². The van der Waals surface area contributed by atoms with Crippen LogP contribution in [0.1, 0.15) is 6.92 Å². The van der Waals surface area contributed by atoms with Crippen LogP contribution in [0.4, 0.5) is 0 Å². The van der Waals surface area contributed by atoms with Crippen LogP contribution in [-0.2, 0) is 4.79 Å². The Morgan fingerprint density at radius 1 is 1.33 bits per heavy atom. The van der Waals surface area contributed by atoms with E-state index in [-0.39, 0.29) is 11.7 Å². The number of halogens is 1. The first-order valence-corrected chi connectivity index (χ1v) is 5.74. The van der Waals surface area contributed by atoms with Gasteiger partial charge in [-0.1, -0.05) is 0 Å². The third-order valence-electron chi connectivity index (χ3n) is 1.01. The molecular weight excluding hydrogens is 250 g/mol. The molecule has 0 aliphatic heterocycles. The minimum absolute atomic E-state index is 0.0819. The van der Waals surface area contributed by atoms with Crippen molar-refractivity contribution in [1.29, 1.82) is 0 Å². The monoisotopic (exact) mass is 263 g/mol. The average molecular weight is 264 g/mol. The molecule has 0 heterocycles. The standard InChI is InChI=1S/C6H14NO2S.ClHO4/c1-6(9)10-7(2,3)4-5-8;2-1(3,4)5/h8H,4-5H2,1-3H3;(H,2,3,4,5)/q+1;/p-1. The van der Waals surface area contributed by atoms with Gasteiger partial charge in [0.15, 0.2) is 11.9 Å². The molecule has 0 aromatic carbocycles. The predicted molar refractivity (Wildman–Crippen MR) is 42.3 cm³/mol. The van der Waals surface area contributed by atoms with Gasteiger partial charge in [0.2, 0.25) is 5.12 Å². The SMILES string of the molecule is CC(=O)S[N+](C)(C)CCO.[O-][Cl+3]([O-])([O-])[O-]. The summed E-state index contributed by atoms with van der Waals surface area (Å²) in [4.78, 5) is 10.6. The van der Waals surface area contributed by atoms with Crippen LogP contribution in [0.5, 0.6) is 0 Å². The number of carbonyl (C=O) groups is 1. The van der Waals surface area contributed by atoms with E-state index in [1.165, 1.54) is 18.9 Å². The van der Waals surface area contributed by atoms with Gasteiger partial charge in [-0.15, -0.1) is 10.2 Å². The lowest BCUT2D eigenvalue weighted by Crippen LogP contribution is -2.68. The summed E-state index contributed by atoms with van der Waals surface area (Å²) in [7, 11) is -1.16. The van der Waals surface area contributed by atoms with Gasteiger partial charge in [-0.05, 0) is 0 Å². The molecule has 7 nitrogen and oxygen atoms in total. The summed E-state index contributed by atoms with van der Waals surface area (Å²) in [5, 5.41) is 8.66. The van der Waals surface area contributed by atoms with Gasteiger partial charge in [-0.2, -0.15) is 0 Å². The van der Waals surface area contributed by atoms with E-state index in [4.69, 9.17) is 23.7 Å². The Hall–Kier alpha value is 0.0700. The number of hydrogen-bond acceptors (Lipinski definition) is 7. The number of aliphatic hydroxyl groups excluding tert-OH is 1.